The van der Waals surface area contributed by atoms with Gasteiger partial charge >= 0.3 is 0 Å². The molecule has 0 amide bonds. The molecule has 1 atom stereocenters. The number of hydrogen-bond donors (Lipinski definition) is 1. The first-order chi connectivity index (χ1) is 9.67. The lowest BCUT2D eigenvalue weighted by Gasteiger charge is -2.27. The minimum atomic E-state index is 0.483. The molecule has 1 aromatic rings. The molecule has 1 fully saturated rings. The average Bonchev–Trinajstić information content (AvgIpc) is 2.68. The summed E-state index contributed by atoms with van der Waals surface area (Å²) < 4.78 is 5.49. The van der Waals surface area contributed by atoms with Crippen LogP contribution < -0.4 is 10.1 Å². The van der Waals surface area contributed by atoms with E-state index in [0.717, 1.165) is 11.7 Å². The first-order valence-corrected chi connectivity index (χ1v) is 7.99. The zero-order valence-electron chi connectivity index (χ0n) is 13.5. The molecule has 1 unspecified atom stereocenters. The summed E-state index contributed by atoms with van der Waals surface area (Å²) in [5, 5.41) is 3.57. The van der Waals surface area contributed by atoms with E-state index >= 15 is 0 Å². The number of rotatable bonds is 4. The number of ether oxygens (including phenoxy) is 1. The van der Waals surface area contributed by atoms with Crippen LogP contribution in [-0.4, -0.2) is 14.2 Å². The van der Waals surface area contributed by atoms with Gasteiger partial charge in [0.1, 0.15) is 5.75 Å². The Morgan fingerprint density at radius 3 is 2.05 bits per heavy atom. The van der Waals surface area contributed by atoms with Crippen LogP contribution >= 0.6 is 0 Å². The van der Waals surface area contributed by atoms with Crippen molar-refractivity contribution in [3.05, 3.63) is 28.8 Å². The van der Waals surface area contributed by atoms with Gasteiger partial charge in [-0.1, -0.05) is 37.8 Å². The van der Waals surface area contributed by atoms with Crippen LogP contribution in [0, 0.1) is 19.8 Å². The second kappa shape index (κ2) is 7.12. The molecule has 1 N–H and O–H groups in total. The lowest BCUT2D eigenvalue weighted by atomic mass is 9.86. The highest BCUT2D eigenvalue weighted by atomic mass is 16.5. The summed E-state index contributed by atoms with van der Waals surface area (Å²) in [6, 6.07) is 5.09. The molecule has 2 heteroatoms. The average molecular weight is 275 g/mol. The molecule has 20 heavy (non-hydrogen) atoms. The number of benzene rings is 1. The van der Waals surface area contributed by atoms with Crippen molar-refractivity contribution >= 4 is 0 Å². The van der Waals surface area contributed by atoms with Gasteiger partial charge in [-0.05, 0) is 56.3 Å². The Morgan fingerprint density at radius 1 is 1.05 bits per heavy atom. The summed E-state index contributed by atoms with van der Waals surface area (Å²) in [6.07, 6.45) is 8.31. The molecule has 1 aliphatic carbocycles. The lowest BCUT2D eigenvalue weighted by Crippen LogP contribution is -2.25. The zero-order valence-corrected chi connectivity index (χ0v) is 13.5. The van der Waals surface area contributed by atoms with E-state index in [1.807, 2.05) is 0 Å². The van der Waals surface area contributed by atoms with Crippen molar-refractivity contribution in [1.82, 2.24) is 5.32 Å². The van der Waals surface area contributed by atoms with Crippen LogP contribution in [-0.2, 0) is 0 Å². The Bertz CT molecular complexity index is 410. The molecular formula is C18H29NO. The van der Waals surface area contributed by atoms with Crippen molar-refractivity contribution in [3.8, 4) is 5.75 Å². The Hall–Kier alpha value is -1.02. The molecule has 0 radical (unpaired) electrons. The maximum absolute atomic E-state index is 5.49. The highest BCUT2D eigenvalue weighted by Gasteiger charge is 2.23. The smallest absolute Gasteiger partial charge is 0.124 e. The first-order valence-electron chi connectivity index (χ1n) is 7.99. The molecule has 0 saturated heterocycles. The summed E-state index contributed by atoms with van der Waals surface area (Å²) in [4.78, 5) is 0. The van der Waals surface area contributed by atoms with Crippen molar-refractivity contribution in [2.24, 2.45) is 5.92 Å². The molecule has 1 aromatic carbocycles. The van der Waals surface area contributed by atoms with Crippen LogP contribution in [0.1, 0.15) is 61.3 Å². The van der Waals surface area contributed by atoms with Gasteiger partial charge in [0.15, 0.2) is 0 Å². The van der Waals surface area contributed by atoms with E-state index in [2.05, 4.69) is 38.3 Å². The SMILES string of the molecule is CNC(c1cc(C)c(OC)c(C)c1)C1CCCCCC1. The Morgan fingerprint density at radius 2 is 1.60 bits per heavy atom. The third-order valence-electron chi connectivity index (χ3n) is 4.73. The van der Waals surface area contributed by atoms with Crippen LogP contribution in [0.4, 0.5) is 0 Å². The summed E-state index contributed by atoms with van der Waals surface area (Å²) in [7, 11) is 3.86. The molecule has 112 valence electrons. The largest absolute Gasteiger partial charge is 0.496 e. The standard InChI is InChI=1S/C18H29NO/c1-13-11-16(12-14(2)18(13)20-4)17(19-3)15-9-7-5-6-8-10-15/h11-12,15,17,19H,5-10H2,1-4H3. The fourth-order valence-electron chi connectivity index (χ4n) is 3.80. The lowest BCUT2D eigenvalue weighted by molar-refractivity contribution is 0.340. The molecule has 0 spiro atoms. The van der Waals surface area contributed by atoms with E-state index in [-0.39, 0.29) is 0 Å². The van der Waals surface area contributed by atoms with E-state index in [1.165, 1.54) is 55.2 Å². The van der Waals surface area contributed by atoms with Crippen molar-refractivity contribution in [1.29, 1.82) is 0 Å². The van der Waals surface area contributed by atoms with E-state index in [4.69, 9.17) is 4.74 Å². The van der Waals surface area contributed by atoms with Crippen molar-refractivity contribution in [3.63, 3.8) is 0 Å². The van der Waals surface area contributed by atoms with Gasteiger partial charge in [-0.25, -0.2) is 0 Å². The maximum Gasteiger partial charge on any atom is 0.124 e. The van der Waals surface area contributed by atoms with Crippen LogP contribution in [0.15, 0.2) is 12.1 Å². The molecule has 0 heterocycles. The van der Waals surface area contributed by atoms with Gasteiger partial charge < -0.3 is 10.1 Å². The van der Waals surface area contributed by atoms with Gasteiger partial charge in [0.05, 0.1) is 7.11 Å². The number of methoxy groups -OCH3 is 1. The predicted octanol–water partition coefficient (Wildman–Crippen LogP) is 4.54. The van der Waals surface area contributed by atoms with Crippen molar-refractivity contribution < 1.29 is 4.74 Å². The molecule has 0 bridgehead atoms. The van der Waals surface area contributed by atoms with Gasteiger partial charge in [-0.15, -0.1) is 0 Å². The third kappa shape index (κ3) is 3.35. The number of nitrogens with one attached hydrogen (secondary N) is 1. The number of aryl methyl sites for hydroxylation is 2. The minimum Gasteiger partial charge on any atom is -0.496 e. The van der Waals surface area contributed by atoms with Gasteiger partial charge in [-0.3, -0.25) is 0 Å². The van der Waals surface area contributed by atoms with Gasteiger partial charge in [-0.2, -0.15) is 0 Å². The molecule has 2 rings (SSSR count). The molecule has 2 nitrogen and oxygen atoms in total. The van der Waals surface area contributed by atoms with Gasteiger partial charge in [0.25, 0.3) is 0 Å². The number of hydrogen-bond acceptors (Lipinski definition) is 2. The first kappa shape index (κ1) is 15.4. The summed E-state index contributed by atoms with van der Waals surface area (Å²) >= 11 is 0. The molecular weight excluding hydrogens is 246 g/mol. The predicted molar refractivity (Wildman–Crippen MR) is 85.5 cm³/mol. The summed E-state index contributed by atoms with van der Waals surface area (Å²) in [5.74, 6) is 1.80. The van der Waals surface area contributed by atoms with E-state index in [0.29, 0.717) is 6.04 Å². The highest BCUT2D eigenvalue weighted by Crippen LogP contribution is 2.36. The van der Waals surface area contributed by atoms with Gasteiger partial charge in [0.2, 0.25) is 0 Å². The van der Waals surface area contributed by atoms with Crippen LogP contribution in [0.2, 0.25) is 0 Å². The fraction of sp³-hybridized carbons (Fsp3) is 0.667. The highest BCUT2D eigenvalue weighted by molar-refractivity contribution is 5.44. The Labute approximate surface area is 123 Å². The Balaban J connectivity index is 2.26. The monoisotopic (exact) mass is 275 g/mol. The molecule has 0 aliphatic heterocycles. The second-order valence-corrected chi connectivity index (χ2v) is 6.21. The second-order valence-electron chi connectivity index (χ2n) is 6.21. The molecule has 1 saturated carbocycles. The van der Waals surface area contributed by atoms with Crippen molar-refractivity contribution in [2.75, 3.05) is 14.2 Å². The molecule has 1 aliphatic rings. The normalized spacial score (nSPS) is 18.6. The zero-order chi connectivity index (χ0) is 14.5. The van der Waals surface area contributed by atoms with E-state index in [1.54, 1.807) is 7.11 Å². The quantitative estimate of drug-likeness (QED) is 0.814. The fourth-order valence-corrected chi connectivity index (χ4v) is 3.80. The van der Waals surface area contributed by atoms with E-state index in [9.17, 15) is 0 Å². The summed E-state index contributed by atoms with van der Waals surface area (Å²) in [6.45, 7) is 4.30. The maximum atomic E-state index is 5.49. The van der Waals surface area contributed by atoms with E-state index < -0.39 is 0 Å². The Kier molecular flexibility index (Phi) is 5.47. The summed E-state index contributed by atoms with van der Waals surface area (Å²) in [5.41, 5.74) is 3.92. The minimum absolute atomic E-state index is 0.483. The molecule has 0 aromatic heterocycles. The van der Waals surface area contributed by atoms with Crippen LogP contribution in [0.5, 0.6) is 5.75 Å². The van der Waals surface area contributed by atoms with Crippen molar-refractivity contribution in [2.45, 2.75) is 58.4 Å². The van der Waals surface area contributed by atoms with Gasteiger partial charge in [0, 0.05) is 6.04 Å². The topological polar surface area (TPSA) is 21.3 Å². The van der Waals surface area contributed by atoms with Crippen LogP contribution in [0.25, 0.3) is 0 Å². The van der Waals surface area contributed by atoms with Crippen LogP contribution in [0.3, 0.4) is 0 Å². The third-order valence-corrected chi connectivity index (χ3v) is 4.73.